The van der Waals surface area contributed by atoms with Gasteiger partial charge in [0.1, 0.15) is 0 Å². The van der Waals surface area contributed by atoms with Gasteiger partial charge in [-0.2, -0.15) is 11.8 Å². The average Bonchev–Trinajstić information content (AvgIpc) is 2.45. The minimum absolute atomic E-state index is 1.10. The molecule has 0 bridgehead atoms. The van der Waals surface area contributed by atoms with Crippen LogP contribution in [0.3, 0.4) is 0 Å². The molecule has 18 heavy (non-hydrogen) atoms. The van der Waals surface area contributed by atoms with Crippen molar-refractivity contribution in [2.75, 3.05) is 50.0 Å². The number of rotatable bonds is 7. The zero-order chi connectivity index (χ0) is 12.5. The number of hydrogen-bond acceptors (Lipinski definition) is 4. The maximum Gasteiger partial charge on any atom is 0.0107 e. The lowest BCUT2D eigenvalue weighted by molar-refractivity contribution is 0.302. The summed E-state index contributed by atoms with van der Waals surface area (Å²) in [6.45, 7) is 5.97. The highest BCUT2D eigenvalue weighted by Gasteiger charge is 2.08. The Hall–Kier alpha value is -0.160. The summed E-state index contributed by atoms with van der Waals surface area (Å²) in [5, 5.41) is 3.53. The van der Waals surface area contributed by atoms with E-state index in [0.29, 0.717) is 0 Å². The summed E-state index contributed by atoms with van der Waals surface area (Å²) in [6, 6.07) is 10.6. The predicted molar refractivity (Wildman–Crippen MR) is 83.8 cm³/mol. The molecule has 2 nitrogen and oxygen atoms in total. The van der Waals surface area contributed by atoms with E-state index in [4.69, 9.17) is 0 Å². The van der Waals surface area contributed by atoms with E-state index in [-0.39, 0.29) is 0 Å². The Morgan fingerprint density at radius 3 is 2.67 bits per heavy atom. The van der Waals surface area contributed by atoms with Crippen molar-refractivity contribution in [2.45, 2.75) is 4.90 Å². The van der Waals surface area contributed by atoms with Crippen LogP contribution in [0.15, 0.2) is 35.2 Å². The monoisotopic (exact) mass is 282 g/mol. The molecule has 0 saturated carbocycles. The smallest absolute Gasteiger partial charge is 0.0107 e. The molecule has 0 unspecified atom stereocenters. The third-order valence-electron chi connectivity index (χ3n) is 3.00. The van der Waals surface area contributed by atoms with Crippen molar-refractivity contribution in [1.82, 2.24) is 10.2 Å². The summed E-state index contributed by atoms with van der Waals surface area (Å²) in [5.41, 5.74) is 0. The third kappa shape index (κ3) is 5.65. The lowest BCUT2D eigenvalue weighted by Gasteiger charge is -2.26. The van der Waals surface area contributed by atoms with E-state index < -0.39 is 0 Å². The predicted octanol–water partition coefficient (Wildman–Crippen LogP) is 2.42. The van der Waals surface area contributed by atoms with Gasteiger partial charge in [0.15, 0.2) is 0 Å². The fourth-order valence-corrected chi connectivity index (χ4v) is 3.76. The quantitative estimate of drug-likeness (QED) is 0.610. The fraction of sp³-hybridized carbons (Fsp3) is 0.571. The Labute approximate surface area is 119 Å². The van der Waals surface area contributed by atoms with Crippen molar-refractivity contribution < 1.29 is 0 Å². The number of hydrogen-bond donors (Lipinski definition) is 1. The van der Waals surface area contributed by atoms with Crippen molar-refractivity contribution in [3.63, 3.8) is 0 Å². The Kier molecular flexibility index (Phi) is 7.01. The van der Waals surface area contributed by atoms with Crippen LogP contribution in [0, 0.1) is 0 Å². The van der Waals surface area contributed by atoms with Crippen LogP contribution in [0.2, 0.25) is 0 Å². The minimum atomic E-state index is 1.10. The van der Waals surface area contributed by atoms with Crippen molar-refractivity contribution in [3.8, 4) is 0 Å². The molecule has 1 aromatic rings. The summed E-state index contributed by atoms with van der Waals surface area (Å²) in [5.74, 6) is 3.77. The Morgan fingerprint density at radius 1 is 1.11 bits per heavy atom. The Balaban J connectivity index is 1.46. The molecule has 1 aliphatic heterocycles. The summed E-state index contributed by atoms with van der Waals surface area (Å²) in [6.07, 6.45) is 0. The normalized spacial score (nSPS) is 16.9. The average molecular weight is 282 g/mol. The molecule has 1 saturated heterocycles. The van der Waals surface area contributed by atoms with Crippen molar-refractivity contribution >= 4 is 23.5 Å². The van der Waals surface area contributed by atoms with Gasteiger partial charge in [-0.15, -0.1) is 11.8 Å². The maximum absolute atomic E-state index is 3.53. The first kappa shape index (κ1) is 14.3. The van der Waals surface area contributed by atoms with Crippen LogP contribution < -0.4 is 5.32 Å². The van der Waals surface area contributed by atoms with Gasteiger partial charge in [-0.3, -0.25) is 0 Å². The molecule has 0 atom stereocenters. The molecule has 0 aromatic heterocycles. The number of nitrogens with zero attached hydrogens (tertiary/aromatic N) is 1. The molecule has 1 fully saturated rings. The third-order valence-corrected chi connectivity index (χ3v) is 4.96. The molecule has 0 spiro atoms. The molecule has 1 aliphatic rings. The lowest BCUT2D eigenvalue weighted by atomic mass is 10.4. The maximum atomic E-state index is 3.53. The molecular formula is C14H22N2S2. The molecule has 2 rings (SSSR count). The van der Waals surface area contributed by atoms with Gasteiger partial charge in [-0.05, 0) is 12.1 Å². The molecule has 4 heteroatoms. The van der Waals surface area contributed by atoms with Crippen LogP contribution in [-0.2, 0) is 0 Å². The van der Waals surface area contributed by atoms with Gasteiger partial charge in [0.05, 0.1) is 0 Å². The van der Waals surface area contributed by atoms with Gasteiger partial charge in [0, 0.05) is 54.9 Å². The van der Waals surface area contributed by atoms with E-state index in [2.05, 4.69) is 52.3 Å². The summed E-state index contributed by atoms with van der Waals surface area (Å²) >= 11 is 4.01. The zero-order valence-corrected chi connectivity index (χ0v) is 12.4. The van der Waals surface area contributed by atoms with Crippen molar-refractivity contribution in [1.29, 1.82) is 0 Å². The first-order valence-electron chi connectivity index (χ1n) is 6.64. The van der Waals surface area contributed by atoms with Gasteiger partial charge >= 0.3 is 0 Å². The molecule has 1 aromatic carbocycles. The van der Waals surface area contributed by atoms with E-state index in [1.807, 2.05) is 11.8 Å². The summed E-state index contributed by atoms with van der Waals surface area (Å²) in [4.78, 5) is 3.93. The van der Waals surface area contributed by atoms with Crippen molar-refractivity contribution in [2.24, 2.45) is 0 Å². The number of thioether (sulfide) groups is 2. The lowest BCUT2D eigenvalue weighted by Crippen LogP contribution is -2.38. The van der Waals surface area contributed by atoms with E-state index in [0.717, 1.165) is 18.8 Å². The largest absolute Gasteiger partial charge is 0.315 e. The molecule has 1 N–H and O–H groups in total. The number of nitrogens with one attached hydrogen (secondary N) is 1. The Bertz CT molecular complexity index is 313. The van der Waals surface area contributed by atoms with Gasteiger partial charge in [-0.1, -0.05) is 18.2 Å². The molecule has 0 radical (unpaired) electrons. The second-order valence-corrected chi connectivity index (χ2v) is 6.76. The van der Waals surface area contributed by atoms with Gasteiger partial charge in [0.2, 0.25) is 0 Å². The van der Waals surface area contributed by atoms with E-state index in [1.165, 1.54) is 36.0 Å². The minimum Gasteiger partial charge on any atom is -0.315 e. The Morgan fingerprint density at radius 2 is 1.89 bits per heavy atom. The van der Waals surface area contributed by atoms with Crippen LogP contribution in [0.4, 0.5) is 0 Å². The highest BCUT2D eigenvalue weighted by Crippen LogP contribution is 2.15. The highest BCUT2D eigenvalue weighted by molar-refractivity contribution is 7.99. The van der Waals surface area contributed by atoms with Crippen LogP contribution in [0.5, 0.6) is 0 Å². The van der Waals surface area contributed by atoms with Crippen molar-refractivity contribution in [3.05, 3.63) is 30.3 Å². The van der Waals surface area contributed by atoms with E-state index in [1.54, 1.807) is 0 Å². The van der Waals surface area contributed by atoms with Crippen LogP contribution in [-0.4, -0.2) is 54.9 Å². The number of benzene rings is 1. The SMILES string of the molecule is c1ccc(SCCNCCN2CCSCC2)cc1. The van der Waals surface area contributed by atoms with Crippen LogP contribution in [0.25, 0.3) is 0 Å². The highest BCUT2D eigenvalue weighted by atomic mass is 32.2. The van der Waals surface area contributed by atoms with Gasteiger partial charge in [-0.25, -0.2) is 0 Å². The second kappa shape index (κ2) is 8.86. The van der Waals surface area contributed by atoms with Crippen LogP contribution >= 0.6 is 23.5 Å². The fourth-order valence-electron chi connectivity index (χ4n) is 1.94. The van der Waals surface area contributed by atoms with E-state index >= 15 is 0 Å². The van der Waals surface area contributed by atoms with Crippen LogP contribution in [0.1, 0.15) is 0 Å². The second-order valence-electron chi connectivity index (χ2n) is 4.37. The first-order chi connectivity index (χ1) is 8.95. The molecule has 100 valence electrons. The topological polar surface area (TPSA) is 15.3 Å². The van der Waals surface area contributed by atoms with Gasteiger partial charge < -0.3 is 10.2 Å². The molecular weight excluding hydrogens is 260 g/mol. The van der Waals surface area contributed by atoms with E-state index in [9.17, 15) is 0 Å². The molecule has 1 heterocycles. The standard InChI is InChI=1S/C14H22N2S2/c1-2-4-14(5-3-1)18-11-7-15-6-8-16-9-12-17-13-10-16/h1-5,15H,6-13H2. The molecule has 0 aliphatic carbocycles. The zero-order valence-electron chi connectivity index (χ0n) is 10.8. The summed E-state index contributed by atoms with van der Waals surface area (Å²) < 4.78 is 0. The first-order valence-corrected chi connectivity index (χ1v) is 8.78. The van der Waals surface area contributed by atoms with Gasteiger partial charge in [0.25, 0.3) is 0 Å². The summed E-state index contributed by atoms with van der Waals surface area (Å²) in [7, 11) is 0. The molecule has 0 amide bonds.